The van der Waals surface area contributed by atoms with Crippen molar-refractivity contribution in [1.29, 1.82) is 0 Å². The van der Waals surface area contributed by atoms with Gasteiger partial charge in [0.2, 0.25) is 12.3 Å². The second-order valence-corrected chi connectivity index (χ2v) is 15.1. The molecule has 5 aromatic rings. The number of benzene rings is 4. The molecule has 3 N–H and O–H groups in total. The molecule has 1 aromatic heterocycles. The second kappa shape index (κ2) is 39.4. The van der Waals surface area contributed by atoms with E-state index in [0.717, 1.165) is 37.5 Å². The summed E-state index contributed by atoms with van der Waals surface area (Å²) in [6.07, 6.45) is 7.96. The number of rotatable bonds is 25. The number of ether oxygens (including phenoxy) is 2. The quantitative estimate of drug-likeness (QED) is 0.0220. The number of aldehydes is 4. The summed E-state index contributed by atoms with van der Waals surface area (Å²) >= 11 is 0. The number of hydrogen-bond donors (Lipinski definition) is 3. The van der Waals surface area contributed by atoms with Gasteiger partial charge >= 0.3 is 0 Å². The second-order valence-electron chi connectivity index (χ2n) is 15.1. The van der Waals surface area contributed by atoms with Gasteiger partial charge in [-0.2, -0.15) is 0 Å². The van der Waals surface area contributed by atoms with E-state index in [1.165, 1.54) is 28.3 Å². The number of likely N-dealkylation sites (N-methyl/N-ethyl adjacent to an activating group) is 1. The normalized spacial score (nSPS) is 11.3. The van der Waals surface area contributed by atoms with Crippen LogP contribution in [0.15, 0.2) is 127 Å². The molecule has 0 radical (unpaired) electrons. The van der Waals surface area contributed by atoms with Gasteiger partial charge in [0.1, 0.15) is 30.7 Å². The first-order chi connectivity index (χ1) is 33.6. The van der Waals surface area contributed by atoms with E-state index in [0.29, 0.717) is 69.4 Å². The number of amides is 2. The van der Waals surface area contributed by atoms with E-state index in [2.05, 4.69) is 27.9 Å². The molecule has 0 aliphatic rings. The molecule has 372 valence electrons. The summed E-state index contributed by atoms with van der Waals surface area (Å²) in [4.78, 5) is 74.8. The van der Waals surface area contributed by atoms with Gasteiger partial charge in [-0.3, -0.25) is 24.0 Å². The number of hydrogen-bond acceptors (Lipinski definition) is 12. The maximum atomic E-state index is 13.4. The fraction of sp³-hybridized carbons (Fsp3) is 0.352. The van der Waals surface area contributed by atoms with Crippen molar-refractivity contribution in [2.75, 3.05) is 35.0 Å². The summed E-state index contributed by atoms with van der Waals surface area (Å²) in [7, 11) is 6.83. The first-order valence-electron chi connectivity index (χ1n) is 22.8. The molecule has 1 heterocycles. The third-order valence-electron chi connectivity index (χ3n) is 9.94. The van der Waals surface area contributed by atoms with Crippen LogP contribution in [-0.4, -0.2) is 94.6 Å². The van der Waals surface area contributed by atoms with Crippen LogP contribution >= 0.6 is 0 Å². The number of carbonyl (C=O) groups is 6. The number of nitrogens with zero attached hydrogens (tertiary/aromatic N) is 2. The highest BCUT2D eigenvalue weighted by Crippen LogP contribution is 2.23. The molecule has 0 aliphatic carbocycles. The fourth-order valence-electron chi connectivity index (χ4n) is 6.28. The molecule has 2 amide bonds. The minimum atomic E-state index is -0.601. The third kappa shape index (κ3) is 25.9. The zero-order valence-corrected chi connectivity index (χ0v) is 40.8. The van der Waals surface area contributed by atoms with Crippen LogP contribution in [0.4, 0.5) is 4.39 Å². The number of halogens is 1. The number of hydroxylamine groups is 2. The van der Waals surface area contributed by atoms with Gasteiger partial charge in [-0.25, -0.2) is 14.4 Å². The first kappa shape index (κ1) is 60.4. The van der Waals surface area contributed by atoms with Crippen LogP contribution in [0.1, 0.15) is 89.9 Å². The van der Waals surface area contributed by atoms with Gasteiger partial charge in [0.15, 0.2) is 12.6 Å². The van der Waals surface area contributed by atoms with Crippen molar-refractivity contribution in [1.82, 2.24) is 26.0 Å². The Hall–Kier alpha value is -6.62. The van der Waals surface area contributed by atoms with Gasteiger partial charge in [-0.15, -0.1) is 0 Å². The van der Waals surface area contributed by atoms with Crippen molar-refractivity contribution in [3.63, 3.8) is 0 Å². The van der Waals surface area contributed by atoms with E-state index in [1.807, 2.05) is 97.9 Å². The average molecular weight is 952 g/mol. The predicted octanol–water partition coefficient (Wildman–Crippen LogP) is 8.39. The lowest BCUT2D eigenvalue weighted by molar-refractivity contribution is -0.200. The number of pyridine rings is 1. The van der Waals surface area contributed by atoms with Crippen molar-refractivity contribution >= 4 is 37.5 Å². The van der Waals surface area contributed by atoms with Crippen molar-refractivity contribution in [3.8, 4) is 11.3 Å². The van der Waals surface area contributed by atoms with Crippen molar-refractivity contribution in [2.45, 2.75) is 84.3 Å². The number of carbonyl (C=O) groups excluding carboxylic acids is 6. The highest BCUT2D eigenvalue weighted by atomic mass is 19.1. The fourth-order valence-corrected chi connectivity index (χ4v) is 6.28. The van der Waals surface area contributed by atoms with Gasteiger partial charge in [-0.05, 0) is 67.9 Å². The SMILES string of the molecule is CCCCCC(C(=O)NCNC)C(CC)N(C=O)OCc1ccccc1.CNC(C=O)CC=O.COCc1ccccc1.COCc1ccccc1.O=Cc1cccc(-c2ccc(C=O)c(F)c2)n1. The molecule has 69 heavy (non-hydrogen) atoms. The molecule has 0 bridgehead atoms. The zero-order chi connectivity index (χ0) is 50.9. The molecule has 5 rings (SSSR count). The molecule has 0 saturated heterocycles. The standard InChI is InChI=1S/C20H33N3O3.C13H8FNO2.2C8H10O.C5H9NO2/c1-4-6-8-13-18(20(25)22-15-21-3)19(5-2)23(16-24)26-14-17-11-9-7-10-12-17;14-12-6-9(4-5-10(12)7-16)13-3-1-2-11(8-17)15-13;2*1-9-7-8-5-3-2-4-6-8;1-6-5(4-8)2-3-7/h7,9-12,16,18-19,21H,4-6,8,13-15H2,1-3H3,(H,22,25);1-8H;2*2-6H,7H2,1H3;3-6H,2H2,1H3. The Labute approximate surface area is 407 Å². The van der Waals surface area contributed by atoms with Gasteiger partial charge in [0.05, 0.1) is 49.1 Å². The summed E-state index contributed by atoms with van der Waals surface area (Å²) in [5.41, 5.74) is 4.72. The monoisotopic (exact) mass is 952 g/mol. The van der Waals surface area contributed by atoms with E-state index >= 15 is 0 Å². The minimum absolute atomic E-state index is 0.000270. The summed E-state index contributed by atoms with van der Waals surface area (Å²) in [6, 6.07) is 38.4. The Morgan fingerprint density at radius 3 is 1.72 bits per heavy atom. The van der Waals surface area contributed by atoms with E-state index in [4.69, 9.17) is 14.3 Å². The molecule has 0 saturated carbocycles. The molecule has 3 atom stereocenters. The Balaban J connectivity index is 0.000000471. The van der Waals surface area contributed by atoms with E-state index in [9.17, 15) is 33.2 Å². The van der Waals surface area contributed by atoms with Crippen LogP contribution in [-0.2, 0) is 53.3 Å². The van der Waals surface area contributed by atoms with Gasteiger partial charge in [0.25, 0.3) is 0 Å². The molecule has 3 unspecified atom stereocenters. The summed E-state index contributed by atoms with van der Waals surface area (Å²) in [5.74, 6) is -0.936. The Morgan fingerprint density at radius 2 is 1.30 bits per heavy atom. The van der Waals surface area contributed by atoms with Crippen molar-refractivity contribution in [2.24, 2.45) is 5.92 Å². The van der Waals surface area contributed by atoms with Gasteiger partial charge in [0, 0.05) is 26.2 Å². The van der Waals surface area contributed by atoms with Crippen molar-refractivity contribution < 1.29 is 47.5 Å². The van der Waals surface area contributed by atoms with Crippen LogP contribution in [0.2, 0.25) is 0 Å². The Bertz CT molecular complexity index is 2090. The van der Waals surface area contributed by atoms with E-state index in [1.54, 1.807) is 52.6 Å². The summed E-state index contributed by atoms with van der Waals surface area (Å²) in [5, 5.41) is 9.78. The number of unbranched alkanes of at least 4 members (excludes halogenated alkanes) is 2. The van der Waals surface area contributed by atoms with Crippen LogP contribution in [0.3, 0.4) is 0 Å². The Kier molecular flexibility index (Phi) is 34.5. The molecular formula is C54H70FN5O9. The zero-order valence-electron chi connectivity index (χ0n) is 40.8. The summed E-state index contributed by atoms with van der Waals surface area (Å²) < 4.78 is 23.2. The van der Waals surface area contributed by atoms with Gasteiger partial charge < -0.3 is 35.0 Å². The maximum absolute atomic E-state index is 13.4. The summed E-state index contributed by atoms with van der Waals surface area (Å²) in [6.45, 7) is 6.24. The third-order valence-corrected chi connectivity index (χ3v) is 9.94. The maximum Gasteiger partial charge on any atom is 0.233 e. The number of aromatic nitrogens is 1. The van der Waals surface area contributed by atoms with Crippen molar-refractivity contribution in [3.05, 3.63) is 161 Å². The highest BCUT2D eigenvalue weighted by molar-refractivity contribution is 5.80. The molecule has 0 fully saturated rings. The highest BCUT2D eigenvalue weighted by Gasteiger charge is 2.31. The lowest BCUT2D eigenvalue weighted by Gasteiger charge is -2.32. The van der Waals surface area contributed by atoms with Crippen LogP contribution in [0.25, 0.3) is 11.3 Å². The van der Waals surface area contributed by atoms with Crippen LogP contribution in [0.5, 0.6) is 0 Å². The largest absolute Gasteiger partial charge is 0.380 e. The lowest BCUT2D eigenvalue weighted by atomic mass is 9.90. The molecule has 14 nitrogen and oxygen atoms in total. The van der Waals surface area contributed by atoms with E-state index in [-0.39, 0.29) is 41.6 Å². The van der Waals surface area contributed by atoms with Crippen LogP contribution < -0.4 is 16.0 Å². The van der Waals surface area contributed by atoms with E-state index < -0.39 is 5.82 Å². The lowest BCUT2D eigenvalue weighted by Crippen LogP contribution is -2.47. The molecule has 0 aliphatic heterocycles. The number of methoxy groups -OCH3 is 2. The van der Waals surface area contributed by atoms with Gasteiger partial charge in [-0.1, -0.05) is 136 Å². The topological polar surface area (TPSA) is 182 Å². The van der Waals surface area contributed by atoms with Crippen LogP contribution in [0, 0.1) is 11.7 Å². The average Bonchev–Trinajstić information content (AvgIpc) is 3.39. The predicted molar refractivity (Wildman–Crippen MR) is 267 cm³/mol. The molecule has 15 heteroatoms. The minimum Gasteiger partial charge on any atom is -0.380 e. The number of nitrogens with one attached hydrogen (secondary N) is 3. The Morgan fingerprint density at radius 1 is 0.725 bits per heavy atom. The molecular weight excluding hydrogens is 882 g/mol. The molecule has 4 aromatic carbocycles. The first-order valence-corrected chi connectivity index (χ1v) is 22.8. The smallest absolute Gasteiger partial charge is 0.233 e. The molecule has 0 spiro atoms.